The van der Waals surface area contributed by atoms with Gasteiger partial charge < -0.3 is 16.8 Å². The summed E-state index contributed by atoms with van der Waals surface area (Å²) in [6, 6.07) is 16.1. The van der Waals surface area contributed by atoms with Crippen molar-refractivity contribution in [3.8, 4) is 0 Å². The Morgan fingerprint density at radius 1 is 1.00 bits per heavy atom. The molecule has 0 spiro atoms. The Hall–Kier alpha value is -2.16. The Bertz CT molecular complexity index is 488. The Kier molecular flexibility index (Phi) is 3.72. The van der Waals surface area contributed by atoms with Crippen molar-refractivity contribution in [2.45, 2.75) is 19.4 Å². The molecule has 0 aliphatic carbocycles. The number of rotatable bonds is 4. The summed E-state index contributed by atoms with van der Waals surface area (Å²) in [6.07, 6.45) is 0.970. The van der Waals surface area contributed by atoms with Crippen LogP contribution in [0.3, 0.4) is 0 Å². The molecule has 0 saturated heterocycles. The van der Waals surface area contributed by atoms with Crippen LogP contribution in [0.2, 0.25) is 0 Å². The van der Waals surface area contributed by atoms with Crippen molar-refractivity contribution in [1.29, 1.82) is 0 Å². The third kappa shape index (κ3) is 2.94. The molecule has 0 radical (unpaired) electrons. The molecular weight excluding hydrogens is 222 g/mol. The predicted octanol–water partition coefficient (Wildman–Crippen LogP) is 3.41. The van der Waals surface area contributed by atoms with E-state index >= 15 is 0 Å². The lowest BCUT2D eigenvalue weighted by Crippen LogP contribution is -2.10. The van der Waals surface area contributed by atoms with E-state index in [2.05, 4.69) is 24.4 Å². The molecule has 1 atom stereocenters. The molecule has 3 heteroatoms. The third-order valence-electron chi connectivity index (χ3n) is 2.93. The van der Waals surface area contributed by atoms with E-state index in [1.165, 1.54) is 0 Å². The minimum atomic E-state index is 0.221. The number of nitrogen functional groups attached to an aromatic ring is 2. The molecule has 0 saturated carbocycles. The minimum absolute atomic E-state index is 0.221. The fourth-order valence-corrected chi connectivity index (χ4v) is 2.06. The van der Waals surface area contributed by atoms with Crippen molar-refractivity contribution in [1.82, 2.24) is 0 Å². The van der Waals surface area contributed by atoms with Gasteiger partial charge in [-0.05, 0) is 42.3 Å². The molecule has 3 nitrogen and oxygen atoms in total. The average Bonchev–Trinajstić information content (AvgIpc) is 2.36. The van der Waals surface area contributed by atoms with Gasteiger partial charge in [-0.25, -0.2) is 0 Å². The van der Waals surface area contributed by atoms with Gasteiger partial charge in [-0.1, -0.05) is 25.1 Å². The molecule has 5 N–H and O–H groups in total. The molecule has 0 amide bonds. The second-order valence-electron chi connectivity index (χ2n) is 4.40. The summed E-state index contributed by atoms with van der Waals surface area (Å²) in [4.78, 5) is 0. The van der Waals surface area contributed by atoms with Crippen LogP contribution in [-0.2, 0) is 0 Å². The number of nitrogens with two attached hydrogens (primary N) is 2. The molecule has 1 unspecified atom stereocenters. The van der Waals surface area contributed by atoms with Gasteiger partial charge >= 0.3 is 0 Å². The molecule has 0 bridgehead atoms. The van der Waals surface area contributed by atoms with Crippen molar-refractivity contribution < 1.29 is 0 Å². The van der Waals surface area contributed by atoms with Crippen LogP contribution in [-0.4, -0.2) is 0 Å². The molecule has 18 heavy (non-hydrogen) atoms. The van der Waals surface area contributed by atoms with E-state index in [-0.39, 0.29) is 6.04 Å². The minimum Gasteiger partial charge on any atom is -0.399 e. The van der Waals surface area contributed by atoms with E-state index in [1.807, 2.05) is 30.3 Å². The molecule has 2 aromatic rings. The van der Waals surface area contributed by atoms with Crippen LogP contribution in [0.15, 0.2) is 48.5 Å². The zero-order valence-electron chi connectivity index (χ0n) is 10.6. The number of hydrogen-bond acceptors (Lipinski definition) is 3. The van der Waals surface area contributed by atoms with E-state index in [9.17, 15) is 0 Å². The molecular formula is C15H19N3. The van der Waals surface area contributed by atoms with Crippen LogP contribution in [0.5, 0.6) is 0 Å². The summed E-state index contributed by atoms with van der Waals surface area (Å²) in [7, 11) is 0. The lowest BCUT2D eigenvalue weighted by atomic mass is 10.0. The molecule has 2 aromatic carbocycles. The zero-order chi connectivity index (χ0) is 13.0. The Balaban J connectivity index is 2.23. The highest BCUT2D eigenvalue weighted by Crippen LogP contribution is 2.26. The van der Waals surface area contributed by atoms with Gasteiger partial charge in [0.15, 0.2) is 0 Å². The molecule has 94 valence electrons. The summed E-state index contributed by atoms with van der Waals surface area (Å²) >= 11 is 0. The maximum absolute atomic E-state index is 5.84. The smallest absolute Gasteiger partial charge is 0.0512 e. The maximum Gasteiger partial charge on any atom is 0.0512 e. The average molecular weight is 241 g/mol. The van der Waals surface area contributed by atoms with Gasteiger partial charge in [-0.15, -0.1) is 0 Å². The van der Waals surface area contributed by atoms with E-state index in [0.29, 0.717) is 11.4 Å². The summed E-state index contributed by atoms with van der Waals surface area (Å²) in [6.45, 7) is 2.14. The number of benzene rings is 2. The molecule has 0 aliphatic rings. The molecule has 2 rings (SSSR count). The van der Waals surface area contributed by atoms with Gasteiger partial charge in [0.1, 0.15) is 0 Å². The van der Waals surface area contributed by atoms with Crippen LogP contribution in [0.25, 0.3) is 0 Å². The highest BCUT2D eigenvalue weighted by atomic mass is 14.9. The zero-order valence-corrected chi connectivity index (χ0v) is 10.6. The van der Waals surface area contributed by atoms with Crippen LogP contribution in [0, 0.1) is 0 Å². The second kappa shape index (κ2) is 5.45. The lowest BCUT2D eigenvalue weighted by molar-refractivity contribution is 0.750. The van der Waals surface area contributed by atoms with Crippen molar-refractivity contribution in [2.24, 2.45) is 0 Å². The fraction of sp³-hybridized carbons (Fsp3) is 0.200. The number of nitrogens with one attached hydrogen (secondary N) is 1. The second-order valence-corrected chi connectivity index (χ2v) is 4.40. The topological polar surface area (TPSA) is 64.1 Å². The Morgan fingerprint density at radius 2 is 1.61 bits per heavy atom. The van der Waals surface area contributed by atoms with E-state index in [1.54, 1.807) is 6.07 Å². The number of anilines is 3. The molecule has 0 aromatic heterocycles. The molecule has 0 fully saturated rings. The van der Waals surface area contributed by atoms with Crippen molar-refractivity contribution >= 4 is 17.1 Å². The summed E-state index contributed by atoms with van der Waals surface area (Å²) < 4.78 is 0. The molecule has 0 heterocycles. The van der Waals surface area contributed by atoms with E-state index < -0.39 is 0 Å². The number of para-hydroxylation sites is 1. The monoisotopic (exact) mass is 241 g/mol. The lowest BCUT2D eigenvalue weighted by Gasteiger charge is -2.19. The van der Waals surface area contributed by atoms with Crippen molar-refractivity contribution in [3.63, 3.8) is 0 Å². The number of hydrogen-bond donors (Lipinski definition) is 3. The first-order valence-electron chi connectivity index (χ1n) is 6.16. The summed E-state index contributed by atoms with van der Waals surface area (Å²) in [5, 5.41) is 3.49. The Labute approximate surface area is 108 Å². The van der Waals surface area contributed by atoms with Gasteiger partial charge in [-0.3, -0.25) is 0 Å². The van der Waals surface area contributed by atoms with Gasteiger partial charge in [0, 0.05) is 17.1 Å². The largest absolute Gasteiger partial charge is 0.399 e. The van der Waals surface area contributed by atoms with Crippen LogP contribution in [0.1, 0.15) is 24.9 Å². The van der Waals surface area contributed by atoms with Gasteiger partial charge in [0.05, 0.1) is 6.04 Å². The van der Waals surface area contributed by atoms with Crippen LogP contribution < -0.4 is 16.8 Å². The van der Waals surface area contributed by atoms with Gasteiger partial charge in [-0.2, -0.15) is 0 Å². The van der Waals surface area contributed by atoms with E-state index in [4.69, 9.17) is 11.5 Å². The third-order valence-corrected chi connectivity index (χ3v) is 2.93. The van der Waals surface area contributed by atoms with Crippen molar-refractivity contribution in [3.05, 3.63) is 54.1 Å². The normalized spacial score (nSPS) is 12.1. The van der Waals surface area contributed by atoms with Crippen LogP contribution in [0.4, 0.5) is 17.1 Å². The summed E-state index contributed by atoms with van der Waals surface area (Å²) in [5.41, 5.74) is 15.3. The van der Waals surface area contributed by atoms with Gasteiger partial charge in [0.25, 0.3) is 0 Å². The molecule has 0 aliphatic heterocycles. The SMILES string of the molecule is CCC(Nc1ccccc1)c1cc(N)cc(N)c1. The Morgan fingerprint density at radius 3 is 2.17 bits per heavy atom. The van der Waals surface area contributed by atoms with Crippen LogP contribution >= 0.6 is 0 Å². The van der Waals surface area contributed by atoms with Gasteiger partial charge in [0.2, 0.25) is 0 Å². The summed E-state index contributed by atoms with van der Waals surface area (Å²) in [5.74, 6) is 0. The first-order chi connectivity index (χ1) is 8.69. The fourth-order valence-electron chi connectivity index (χ4n) is 2.06. The van der Waals surface area contributed by atoms with Crippen molar-refractivity contribution in [2.75, 3.05) is 16.8 Å². The first-order valence-corrected chi connectivity index (χ1v) is 6.16. The predicted molar refractivity (Wildman–Crippen MR) is 78.4 cm³/mol. The van der Waals surface area contributed by atoms with E-state index in [0.717, 1.165) is 17.7 Å². The highest BCUT2D eigenvalue weighted by Gasteiger charge is 2.10. The quantitative estimate of drug-likeness (QED) is 0.719. The first kappa shape index (κ1) is 12.3. The highest BCUT2D eigenvalue weighted by molar-refractivity contribution is 5.56. The standard InChI is InChI=1S/C15H19N3/c1-2-15(18-14-6-4-3-5-7-14)11-8-12(16)10-13(17)9-11/h3-10,15,18H,2,16-17H2,1H3. The maximum atomic E-state index is 5.84.